The van der Waals surface area contributed by atoms with Crippen LogP contribution < -0.4 is 5.32 Å². The number of aryl methyl sites for hydroxylation is 3. The molecule has 17 heavy (non-hydrogen) atoms. The van der Waals surface area contributed by atoms with Gasteiger partial charge >= 0.3 is 0 Å². The first kappa shape index (κ1) is 11.4. The molecule has 0 aliphatic carbocycles. The molecular formula is C13H14N2O2. The van der Waals surface area contributed by atoms with E-state index >= 15 is 0 Å². The number of nitrogens with zero attached hydrogens (tertiary/aromatic N) is 1. The SMILES string of the molecule is Cc1ccc(NC(=O)c2ocnc2C)cc1C. The molecule has 2 rings (SSSR count). The maximum Gasteiger partial charge on any atom is 0.293 e. The van der Waals surface area contributed by atoms with Crippen molar-refractivity contribution in [3.8, 4) is 0 Å². The molecule has 2 aromatic rings. The molecule has 1 heterocycles. The van der Waals surface area contributed by atoms with Crippen molar-refractivity contribution in [2.45, 2.75) is 20.8 Å². The fourth-order valence-electron chi connectivity index (χ4n) is 1.53. The van der Waals surface area contributed by atoms with Crippen molar-refractivity contribution >= 4 is 11.6 Å². The van der Waals surface area contributed by atoms with Gasteiger partial charge in [0.2, 0.25) is 5.76 Å². The lowest BCUT2D eigenvalue weighted by Crippen LogP contribution is -2.12. The third-order valence-electron chi connectivity index (χ3n) is 2.72. The van der Waals surface area contributed by atoms with Gasteiger partial charge in [-0.1, -0.05) is 6.07 Å². The van der Waals surface area contributed by atoms with Gasteiger partial charge < -0.3 is 9.73 Å². The lowest BCUT2D eigenvalue weighted by molar-refractivity contribution is 0.0996. The predicted octanol–water partition coefficient (Wildman–Crippen LogP) is 2.85. The minimum absolute atomic E-state index is 0.253. The molecule has 1 aromatic heterocycles. The Morgan fingerprint density at radius 3 is 2.59 bits per heavy atom. The first-order valence-electron chi connectivity index (χ1n) is 5.36. The quantitative estimate of drug-likeness (QED) is 0.863. The molecule has 88 valence electrons. The van der Waals surface area contributed by atoms with Crippen molar-refractivity contribution in [1.82, 2.24) is 4.98 Å². The number of rotatable bonds is 2. The topological polar surface area (TPSA) is 55.1 Å². The van der Waals surface area contributed by atoms with E-state index in [-0.39, 0.29) is 11.7 Å². The summed E-state index contributed by atoms with van der Waals surface area (Å²) in [6.45, 7) is 5.77. The zero-order valence-corrected chi connectivity index (χ0v) is 10.1. The van der Waals surface area contributed by atoms with Crippen molar-refractivity contribution in [3.05, 3.63) is 47.2 Å². The highest BCUT2D eigenvalue weighted by molar-refractivity contribution is 6.02. The highest BCUT2D eigenvalue weighted by Crippen LogP contribution is 2.16. The summed E-state index contributed by atoms with van der Waals surface area (Å²) in [6.07, 6.45) is 1.27. The fourth-order valence-corrected chi connectivity index (χ4v) is 1.53. The van der Waals surface area contributed by atoms with E-state index in [1.165, 1.54) is 12.0 Å². The third-order valence-corrected chi connectivity index (χ3v) is 2.72. The summed E-state index contributed by atoms with van der Waals surface area (Å²) >= 11 is 0. The smallest absolute Gasteiger partial charge is 0.293 e. The van der Waals surface area contributed by atoms with Crippen molar-refractivity contribution in [2.24, 2.45) is 0 Å². The molecule has 4 nitrogen and oxygen atoms in total. The predicted molar refractivity (Wildman–Crippen MR) is 65.1 cm³/mol. The normalized spacial score (nSPS) is 10.3. The first-order valence-corrected chi connectivity index (χ1v) is 5.36. The van der Waals surface area contributed by atoms with E-state index in [0.29, 0.717) is 5.69 Å². The summed E-state index contributed by atoms with van der Waals surface area (Å²) in [4.78, 5) is 15.7. The number of hydrogen-bond acceptors (Lipinski definition) is 3. The molecule has 0 saturated carbocycles. The standard InChI is InChI=1S/C13H14N2O2/c1-8-4-5-11(6-9(8)2)15-13(16)12-10(3)14-7-17-12/h4-7H,1-3H3,(H,15,16). The molecular weight excluding hydrogens is 216 g/mol. The lowest BCUT2D eigenvalue weighted by Gasteiger charge is -2.06. The fraction of sp³-hybridized carbons (Fsp3) is 0.231. The van der Waals surface area contributed by atoms with Crippen LogP contribution in [0.25, 0.3) is 0 Å². The maximum absolute atomic E-state index is 11.8. The van der Waals surface area contributed by atoms with Gasteiger partial charge in [0.15, 0.2) is 6.39 Å². The Hall–Kier alpha value is -2.10. The Bertz CT molecular complexity index is 558. The van der Waals surface area contributed by atoms with Gasteiger partial charge in [0, 0.05) is 5.69 Å². The summed E-state index contributed by atoms with van der Waals surface area (Å²) in [7, 11) is 0. The van der Waals surface area contributed by atoms with E-state index < -0.39 is 0 Å². The number of benzene rings is 1. The zero-order chi connectivity index (χ0) is 12.4. The number of oxazole rings is 1. The second-order valence-corrected chi connectivity index (χ2v) is 4.02. The van der Waals surface area contributed by atoms with Gasteiger partial charge in [0.25, 0.3) is 5.91 Å². The molecule has 0 spiro atoms. The van der Waals surface area contributed by atoms with Crippen LogP contribution in [0.3, 0.4) is 0 Å². The average molecular weight is 230 g/mol. The van der Waals surface area contributed by atoms with Crippen molar-refractivity contribution < 1.29 is 9.21 Å². The van der Waals surface area contributed by atoms with E-state index in [1.54, 1.807) is 6.92 Å². The molecule has 0 unspecified atom stereocenters. The second-order valence-electron chi connectivity index (χ2n) is 4.02. The van der Waals surface area contributed by atoms with Gasteiger partial charge in [-0.15, -0.1) is 0 Å². The lowest BCUT2D eigenvalue weighted by atomic mass is 10.1. The Morgan fingerprint density at radius 1 is 1.24 bits per heavy atom. The number of amides is 1. The molecule has 1 aromatic carbocycles. The van der Waals surface area contributed by atoms with Crippen molar-refractivity contribution in [3.63, 3.8) is 0 Å². The van der Waals surface area contributed by atoms with Crippen LogP contribution in [0.1, 0.15) is 27.4 Å². The van der Waals surface area contributed by atoms with Gasteiger partial charge in [-0.05, 0) is 44.0 Å². The van der Waals surface area contributed by atoms with E-state index in [4.69, 9.17) is 4.42 Å². The molecule has 1 amide bonds. The minimum atomic E-state index is -0.275. The first-order chi connectivity index (χ1) is 8.08. The summed E-state index contributed by atoms with van der Waals surface area (Å²) in [5, 5.41) is 2.78. The Labute approximate surface area is 99.7 Å². The van der Waals surface area contributed by atoms with Crippen molar-refractivity contribution in [1.29, 1.82) is 0 Å². The number of nitrogens with one attached hydrogen (secondary N) is 1. The van der Waals surface area contributed by atoms with Gasteiger partial charge in [0.05, 0.1) is 5.69 Å². The van der Waals surface area contributed by atoms with Gasteiger partial charge in [0.1, 0.15) is 0 Å². The van der Waals surface area contributed by atoms with E-state index in [9.17, 15) is 4.79 Å². The van der Waals surface area contributed by atoms with Crippen LogP contribution in [0.2, 0.25) is 0 Å². The molecule has 0 aliphatic rings. The van der Waals surface area contributed by atoms with Crippen LogP contribution in [0.5, 0.6) is 0 Å². The monoisotopic (exact) mass is 230 g/mol. The highest BCUT2D eigenvalue weighted by Gasteiger charge is 2.13. The Balaban J connectivity index is 2.19. The van der Waals surface area contributed by atoms with Gasteiger partial charge in [-0.3, -0.25) is 4.79 Å². The van der Waals surface area contributed by atoms with E-state index in [0.717, 1.165) is 11.3 Å². The average Bonchev–Trinajstić information content (AvgIpc) is 2.70. The number of carbonyl (C=O) groups is 1. The van der Waals surface area contributed by atoms with Crippen LogP contribution >= 0.6 is 0 Å². The molecule has 0 saturated heterocycles. The van der Waals surface area contributed by atoms with Crippen LogP contribution in [0, 0.1) is 20.8 Å². The van der Waals surface area contributed by atoms with Crippen LogP contribution in [0.4, 0.5) is 5.69 Å². The molecule has 0 bridgehead atoms. The Kier molecular flexibility index (Phi) is 2.95. The van der Waals surface area contributed by atoms with Gasteiger partial charge in [-0.25, -0.2) is 4.98 Å². The highest BCUT2D eigenvalue weighted by atomic mass is 16.3. The van der Waals surface area contributed by atoms with Crippen LogP contribution in [0.15, 0.2) is 29.0 Å². The number of aromatic nitrogens is 1. The maximum atomic E-state index is 11.8. The van der Waals surface area contributed by atoms with Crippen LogP contribution in [-0.2, 0) is 0 Å². The minimum Gasteiger partial charge on any atom is -0.438 e. The molecule has 0 fully saturated rings. The molecule has 0 atom stereocenters. The summed E-state index contributed by atoms with van der Waals surface area (Å²) in [6, 6.07) is 5.77. The summed E-state index contributed by atoms with van der Waals surface area (Å²) in [5.41, 5.74) is 3.68. The zero-order valence-electron chi connectivity index (χ0n) is 10.1. The van der Waals surface area contributed by atoms with E-state index in [2.05, 4.69) is 10.3 Å². The van der Waals surface area contributed by atoms with Gasteiger partial charge in [-0.2, -0.15) is 0 Å². The molecule has 0 radical (unpaired) electrons. The molecule has 1 N–H and O–H groups in total. The third kappa shape index (κ3) is 2.36. The van der Waals surface area contributed by atoms with E-state index in [1.807, 2.05) is 32.0 Å². The largest absolute Gasteiger partial charge is 0.438 e. The second kappa shape index (κ2) is 4.41. The number of hydrogen-bond donors (Lipinski definition) is 1. The summed E-state index contributed by atoms with van der Waals surface area (Å²) < 4.78 is 5.03. The number of anilines is 1. The van der Waals surface area contributed by atoms with Crippen molar-refractivity contribution in [2.75, 3.05) is 5.32 Å². The number of carbonyl (C=O) groups excluding carboxylic acids is 1. The Morgan fingerprint density at radius 2 is 2.00 bits per heavy atom. The molecule has 4 heteroatoms. The van der Waals surface area contributed by atoms with Crippen LogP contribution in [-0.4, -0.2) is 10.9 Å². The molecule has 0 aliphatic heterocycles. The summed E-state index contributed by atoms with van der Waals surface area (Å²) in [5.74, 6) is -0.0218.